The third-order valence-electron chi connectivity index (χ3n) is 8.24. The van der Waals surface area contributed by atoms with Gasteiger partial charge in [-0.3, -0.25) is 24.1 Å². The first-order valence-corrected chi connectivity index (χ1v) is 13.3. The van der Waals surface area contributed by atoms with Crippen molar-refractivity contribution in [2.24, 2.45) is 29.6 Å². The van der Waals surface area contributed by atoms with Gasteiger partial charge in [-0.25, -0.2) is 0 Å². The first-order chi connectivity index (χ1) is 16.1. The molecule has 2 aliphatic carbocycles. The molecule has 9 heteroatoms. The van der Waals surface area contributed by atoms with Crippen LogP contribution in [0.2, 0.25) is 0 Å². The maximum Gasteiger partial charge on any atom is 0.323 e. The van der Waals surface area contributed by atoms with Crippen LogP contribution in [0.1, 0.15) is 49.1 Å². The Morgan fingerprint density at radius 2 is 1.74 bits per heavy atom. The standard InChI is InChI=1S/C25H26N2O5S2/c1-25(2,3)11-6-4-10(5-7-11)15-16-12-8-13(19(16)33-21-20(15)34-24(32)26-21)18-17(12)22(30)27(23(18)31)9-14(28)29/h4-7,12-13,15-19H,8-9H2,1-3H3,(H,26,32)(H,28,29)/t12-,13+,15+,16-,17+,18+,19-/m1/s1. The number of likely N-dealkylation sites (tertiary alicyclic amines) is 1. The minimum absolute atomic E-state index is 0.000361. The number of nitrogens with one attached hydrogen (secondary N) is 1. The smallest absolute Gasteiger partial charge is 0.323 e. The molecule has 2 N–H and O–H groups in total. The van der Waals surface area contributed by atoms with Crippen molar-refractivity contribution in [3.05, 3.63) is 49.9 Å². The van der Waals surface area contributed by atoms with E-state index in [1.54, 1.807) is 11.8 Å². The van der Waals surface area contributed by atoms with Gasteiger partial charge in [0.05, 0.1) is 16.9 Å². The van der Waals surface area contributed by atoms with Crippen LogP contribution in [-0.4, -0.2) is 44.6 Å². The molecule has 178 valence electrons. The summed E-state index contributed by atoms with van der Waals surface area (Å²) in [4.78, 5) is 54.9. The maximum absolute atomic E-state index is 13.2. The van der Waals surface area contributed by atoms with Gasteiger partial charge in [-0.1, -0.05) is 56.4 Å². The topological polar surface area (TPSA) is 108 Å². The fourth-order valence-corrected chi connectivity index (χ4v) is 9.82. The number of thioether (sulfide) groups is 1. The van der Waals surface area contributed by atoms with Gasteiger partial charge in [0.25, 0.3) is 0 Å². The highest BCUT2D eigenvalue weighted by atomic mass is 32.2. The normalized spacial score (nSPS) is 33.7. The van der Waals surface area contributed by atoms with Gasteiger partial charge in [0.2, 0.25) is 11.8 Å². The van der Waals surface area contributed by atoms with Gasteiger partial charge < -0.3 is 10.1 Å². The summed E-state index contributed by atoms with van der Waals surface area (Å²) >= 11 is 2.88. The molecular formula is C25H26N2O5S2. The molecular weight excluding hydrogens is 472 g/mol. The summed E-state index contributed by atoms with van der Waals surface area (Å²) in [6, 6.07) is 8.59. The molecule has 3 heterocycles. The number of rotatable bonds is 3. The Hall–Kier alpha value is -2.39. The number of aromatic amines is 1. The van der Waals surface area contributed by atoms with E-state index in [0.29, 0.717) is 0 Å². The lowest BCUT2D eigenvalue weighted by Gasteiger charge is -2.43. The molecule has 2 saturated carbocycles. The molecule has 0 spiro atoms. The number of fused-ring (bicyclic) bond motifs is 9. The lowest BCUT2D eigenvalue weighted by atomic mass is 9.68. The van der Waals surface area contributed by atoms with Gasteiger partial charge in [0, 0.05) is 16.0 Å². The lowest BCUT2D eigenvalue weighted by molar-refractivity contribution is -0.149. The SMILES string of the molecule is CC(C)(C)c1ccc([C@@H]2c3sc(=O)[nH]c3S[C@@H]3[C@H]4C[C@@H]([C@@H]5C(=O)N(CC(=O)O)C(=O)[C@@H]45)[C@H]23)cc1. The Labute approximate surface area is 204 Å². The van der Waals surface area contributed by atoms with E-state index < -0.39 is 24.3 Å². The number of carbonyl (C=O) groups excluding carboxylic acids is 2. The minimum Gasteiger partial charge on any atom is -0.480 e. The van der Waals surface area contributed by atoms with E-state index in [1.165, 1.54) is 16.9 Å². The van der Waals surface area contributed by atoms with Gasteiger partial charge in [-0.2, -0.15) is 0 Å². The van der Waals surface area contributed by atoms with E-state index in [1.807, 2.05) is 0 Å². The fraction of sp³-hybridized carbons (Fsp3) is 0.520. The molecule has 34 heavy (non-hydrogen) atoms. The quantitative estimate of drug-likeness (QED) is 0.629. The largest absolute Gasteiger partial charge is 0.480 e. The lowest BCUT2D eigenvalue weighted by Crippen LogP contribution is -2.42. The predicted molar refractivity (Wildman–Crippen MR) is 128 cm³/mol. The molecule has 2 aromatic rings. The molecule has 6 rings (SSSR count). The number of imide groups is 1. The average molecular weight is 499 g/mol. The number of carboxylic acid groups (broad SMARTS) is 1. The monoisotopic (exact) mass is 498 g/mol. The molecule has 1 aromatic carbocycles. The Morgan fingerprint density at radius 1 is 1.09 bits per heavy atom. The first-order valence-electron chi connectivity index (χ1n) is 11.6. The van der Waals surface area contributed by atoms with Crippen molar-refractivity contribution in [1.29, 1.82) is 0 Å². The zero-order chi connectivity index (χ0) is 24.1. The molecule has 1 aromatic heterocycles. The zero-order valence-corrected chi connectivity index (χ0v) is 20.7. The van der Waals surface area contributed by atoms with Gasteiger partial charge in [-0.15, -0.1) is 11.8 Å². The second-order valence-corrected chi connectivity index (χ2v) is 13.2. The Balaban J connectivity index is 1.43. The molecule has 1 saturated heterocycles. The predicted octanol–water partition coefficient (Wildman–Crippen LogP) is 3.29. The highest BCUT2D eigenvalue weighted by Gasteiger charge is 2.69. The number of thiazole rings is 1. The van der Waals surface area contributed by atoms with Crippen LogP contribution in [0.5, 0.6) is 0 Å². The number of carboxylic acids is 1. The molecule has 3 fully saturated rings. The van der Waals surface area contributed by atoms with Crippen LogP contribution in [0, 0.1) is 29.6 Å². The molecule has 7 atom stereocenters. The third-order valence-corrected chi connectivity index (χ3v) is 10.8. The summed E-state index contributed by atoms with van der Waals surface area (Å²) in [5, 5.41) is 10.2. The van der Waals surface area contributed by atoms with Crippen LogP contribution >= 0.6 is 23.1 Å². The maximum atomic E-state index is 13.2. The van der Waals surface area contributed by atoms with Crippen molar-refractivity contribution >= 4 is 40.9 Å². The Morgan fingerprint density at radius 3 is 2.35 bits per heavy atom. The summed E-state index contributed by atoms with van der Waals surface area (Å²) < 4.78 is 0. The highest BCUT2D eigenvalue weighted by Crippen LogP contribution is 2.68. The van der Waals surface area contributed by atoms with Crippen molar-refractivity contribution in [2.45, 2.75) is 48.8 Å². The van der Waals surface area contributed by atoms with Crippen molar-refractivity contribution in [1.82, 2.24) is 9.88 Å². The number of amides is 2. The van der Waals surface area contributed by atoms with Gasteiger partial charge in [0.1, 0.15) is 6.54 Å². The fourth-order valence-electron chi connectivity index (χ4n) is 6.93. The van der Waals surface area contributed by atoms with Crippen molar-refractivity contribution in [2.75, 3.05) is 6.54 Å². The first kappa shape index (κ1) is 22.1. The van der Waals surface area contributed by atoms with Crippen molar-refractivity contribution < 1.29 is 19.5 Å². The Kier molecular flexibility index (Phi) is 4.75. The molecule has 0 unspecified atom stereocenters. The third kappa shape index (κ3) is 3.02. The molecule has 4 aliphatic rings. The number of H-pyrrole nitrogens is 1. The summed E-state index contributed by atoms with van der Waals surface area (Å²) in [7, 11) is 0. The van der Waals surface area contributed by atoms with Gasteiger partial charge in [-0.05, 0) is 40.7 Å². The van der Waals surface area contributed by atoms with Crippen LogP contribution in [-0.2, 0) is 19.8 Å². The molecule has 2 bridgehead atoms. The van der Waals surface area contributed by atoms with Crippen LogP contribution in [0.15, 0.2) is 34.1 Å². The van der Waals surface area contributed by atoms with Gasteiger partial charge in [0.15, 0.2) is 0 Å². The van der Waals surface area contributed by atoms with E-state index in [-0.39, 0.29) is 51.0 Å². The van der Waals surface area contributed by atoms with Gasteiger partial charge >= 0.3 is 10.8 Å². The molecule has 2 amide bonds. The van der Waals surface area contributed by atoms with Crippen molar-refractivity contribution in [3.63, 3.8) is 0 Å². The number of nitrogens with zero attached hydrogens (tertiary/aromatic N) is 1. The number of benzene rings is 1. The number of aromatic nitrogens is 1. The summed E-state index contributed by atoms with van der Waals surface area (Å²) in [6.45, 7) is 5.96. The number of carbonyl (C=O) groups is 3. The van der Waals surface area contributed by atoms with E-state index in [0.717, 1.165) is 26.8 Å². The van der Waals surface area contributed by atoms with E-state index in [4.69, 9.17) is 0 Å². The van der Waals surface area contributed by atoms with E-state index in [9.17, 15) is 24.3 Å². The highest BCUT2D eigenvalue weighted by molar-refractivity contribution is 8.00. The van der Waals surface area contributed by atoms with Crippen molar-refractivity contribution in [3.8, 4) is 0 Å². The summed E-state index contributed by atoms with van der Waals surface area (Å²) in [5.41, 5.74) is 2.38. The zero-order valence-electron chi connectivity index (χ0n) is 19.1. The van der Waals surface area contributed by atoms with Crippen LogP contribution in [0.3, 0.4) is 0 Å². The second kappa shape index (κ2) is 7.31. The number of hydrogen-bond donors (Lipinski definition) is 2. The van der Waals surface area contributed by atoms with Crippen LogP contribution in [0.25, 0.3) is 0 Å². The van der Waals surface area contributed by atoms with E-state index >= 15 is 0 Å². The number of aliphatic carboxylic acids is 1. The summed E-state index contributed by atoms with van der Waals surface area (Å²) in [6.07, 6.45) is 0.797. The molecule has 7 nitrogen and oxygen atoms in total. The second-order valence-electron chi connectivity index (χ2n) is 11.0. The minimum atomic E-state index is -1.17. The summed E-state index contributed by atoms with van der Waals surface area (Å²) in [5.74, 6) is -2.62. The molecule has 0 radical (unpaired) electrons. The molecule has 2 aliphatic heterocycles. The van der Waals surface area contributed by atoms with Crippen LogP contribution < -0.4 is 4.87 Å². The van der Waals surface area contributed by atoms with Crippen LogP contribution in [0.4, 0.5) is 0 Å². The Bertz CT molecular complexity index is 1270. The number of hydrogen-bond acceptors (Lipinski definition) is 6. The average Bonchev–Trinajstić information content (AvgIpc) is 3.48. The van der Waals surface area contributed by atoms with E-state index in [2.05, 4.69) is 50.0 Å².